The van der Waals surface area contributed by atoms with E-state index in [1.807, 2.05) is 6.92 Å². The SMILES string of the molecule is CCC(c1cc(O)ccc1O)(c1cc(O)ccc1O)C(C)N. The lowest BCUT2D eigenvalue weighted by Gasteiger charge is -2.38. The number of phenolic OH excluding ortho intramolecular Hbond substituents is 4. The van der Waals surface area contributed by atoms with Gasteiger partial charge in [0.1, 0.15) is 23.0 Å². The van der Waals surface area contributed by atoms with Crippen LogP contribution in [0.25, 0.3) is 0 Å². The summed E-state index contributed by atoms with van der Waals surface area (Å²) in [4.78, 5) is 0. The molecule has 0 bridgehead atoms. The summed E-state index contributed by atoms with van der Waals surface area (Å²) in [7, 11) is 0. The van der Waals surface area contributed by atoms with E-state index in [0.717, 1.165) is 0 Å². The standard InChI is InChI=1S/C17H21NO4/c1-3-17(10(2)18,13-8-11(19)4-6-15(13)21)14-9-12(20)5-7-16(14)22/h4-10,19-22H,3,18H2,1-2H3. The highest BCUT2D eigenvalue weighted by Gasteiger charge is 2.41. The fourth-order valence-electron chi connectivity index (χ4n) is 3.10. The van der Waals surface area contributed by atoms with Crippen molar-refractivity contribution in [3.05, 3.63) is 47.5 Å². The number of hydrogen-bond acceptors (Lipinski definition) is 5. The predicted octanol–water partition coefficient (Wildman–Crippen LogP) is 2.55. The highest BCUT2D eigenvalue weighted by atomic mass is 16.3. The summed E-state index contributed by atoms with van der Waals surface area (Å²) in [5, 5.41) is 40.1. The van der Waals surface area contributed by atoms with Crippen molar-refractivity contribution in [1.82, 2.24) is 0 Å². The van der Waals surface area contributed by atoms with Crippen molar-refractivity contribution in [3.8, 4) is 23.0 Å². The number of rotatable bonds is 4. The molecule has 0 spiro atoms. The molecule has 0 radical (unpaired) electrons. The molecule has 6 N–H and O–H groups in total. The van der Waals surface area contributed by atoms with Gasteiger partial charge in [0.25, 0.3) is 0 Å². The van der Waals surface area contributed by atoms with Gasteiger partial charge in [0.2, 0.25) is 0 Å². The second kappa shape index (κ2) is 5.77. The minimum absolute atomic E-state index is 0.00841. The second-order valence-electron chi connectivity index (χ2n) is 5.52. The van der Waals surface area contributed by atoms with E-state index in [1.54, 1.807) is 6.92 Å². The largest absolute Gasteiger partial charge is 0.508 e. The molecule has 2 rings (SSSR count). The Hall–Kier alpha value is -2.40. The molecule has 22 heavy (non-hydrogen) atoms. The fraction of sp³-hybridized carbons (Fsp3) is 0.294. The van der Waals surface area contributed by atoms with Crippen molar-refractivity contribution >= 4 is 0 Å². The summed E-state index contributed by atoms with van der Waals surface area (Å²) in [6, 6.07) is 7.91. The normalized spacial score (nSPS) is 13.0. The van der Waals surface area contributed by atoms with Gasteiger partial charge in [-0.3, -0.25) is 0 Å². The molecule has 0 saturated carbocycles. The molecule has 0 fully saturated rings. The molecule has 1 atom stereocenters. The Labute approximate surface area is 129 Å². The van der Waals surface area contributed by atoms with Gasteiger partial charge in [-0.05, 0) is 49.7 Å². The van der Waals surface area contributed by atoms with E-state index in [4.69, 9.17) is 5.73 Å². The minimum Gasteiger partial charge on any atom is -0.508 e. The molecule has 0 aliphatic carbocycles. The molecule has 118 valence electrons. The van der Waals surface area contributed by atoms with Crippen molar-refractivity contribution in [3.63, 3.8) is 0 Å². The molecule has 1 unspecified atom stereocenters. The van der Waals surface area contributed by atoms with Crippen LogP contribution in [0.1, 0.15) is 31.4 Å². The van der Waals surface area contributed by atoms with E-state index in [0.29, 0.717) is 17.5 Å². The van der Waals surface area contributed by atoms with Crippen molar-refractivity contribution in [1.29, 1.82) is 0 Å². The monoisotopic (exact) mass is 303 g/mol. The summed E-state index contributed by atoms with van der Waals surface area (Å²) in [6.07, 6.45) is 0.457. The Morgan fingerprint density at radius 1 is 0.909 bits per heavy atom. The Bertz CT molecular complexity index is 631. The Balaban J connectivity index is 2.83. The molecule has 0 heterocycles. The lowest BCUT2D eigenvalue weighted by atomic mass is 9.67. The molecule has 0 saturated heterocycles. The van der Waals surface area contributed by atoms with Gasteiger partial charge in [-0.2, -0.15) is 0 Å². The smallest absolute Gasteiger partial charge is 0.120 e. The molecular weight excluding hydrogens is 282 g/mol. The van der Waals surface area contributed by atoms with Crippen molar-refractivity contribution in [2.24, 2.45) is 5.73 Å². The molecular formula is C17H21NO4. The number of hydrogen-bond donors (Lipinski definition) is 5. The van der Waals surface area contributed by atoms with Gasteiger partial charge in [0, 0.05) is 22.6 Å². The predicted molar refractivity (Wildman–Crippen MR) is 84.3 cm³/mol. The van der Waals surface area contributed by atoms with Crippen LogP contribution in [0.15, 0.2) is 36.4 Å². The maximum absolute atomic E-state index is 10.3. The average molecular weight is 303 g/mol. The maximum atomic E-state index is 10.3. The first-order valence-electron chi connectivity index (χ1n) is 7.13. The van der Waals surface area contributed by atoms with Gasteiger partial charge >= 0.3 is 0 Å². The highest BCUT2D eigenvalue weighted by molar-refractivity contribution is 5.55. The third-order valence-corrected chi connectivity index (χ3v) is 4.26. The van der Waals surface area contributed by atoms with Crippen LogP contribution in [0, 0.1) is 0 Å². The van der Waals surface area contributed by atoms with Crippen molar-refractivity contribution in [2.75, 3.05) is 0 Å². The molecule has 0 amide bonds. The third-order valence-electron chi connectivity index (χ3n) is 4.26. The second-order valence-corrected chi connectivity index (χ2v) is 5.52. The number of nitrogens with two attached hydrogens (primary N) is 1. The van der Waals surface area contributed by atoms with Crippen LogP contribution >= 0.6 is 0 Å². The van der Waals surface area contributed by atoms with Gasteiger partial charge in [0.15, 0.2) is 0 Å². The Morgan fingerprint density at radius 3 is 1.64 bits per heavy atom. The maximum Gasteiger partial charge on any atom is 0.120 e. The van der Waals surface area contributed by atoms with E-state index in [9.17, 15) is 20.4 Å². The van der Waals surface area contributed by atoms with Crippen molar-refractivity contribution < 1.29 is 20.4 Å². The topological polar surface area (TPSA) is 107 Å². The number of aromatic hydroxyl groups is 4. The molecule has 0 aliphatic rings. The molecule has 2 aromatic carbocycles. The summed E-state index contributed by atoms with van der Waals surface area (Å²) in [6.45, 7) is 3.63. The van der Waals surface area contributed by atoms with E-state index in [1.165, 1.54) is 36.4 Å². The van der Waals surface area contributed by atoms with Crippen LogP contribution in [-0.4, -0.2) is 26.5 Å². The quantitative estimate of drug-likeness (QED) is 0.558. The average Bonchev–Trinajstić information content (AvgIpc) is 2.47. The minimum atomic E-state index is -0.953. The van der Waals surface area contributed by atoms with Crippen LogP contribution in [0.5, 0.6) is 23.0 Å². The highest BCUT2D eigenvalue weighted by Crippen LogP contribution is 2.47. The first-order chi connectivity index (χ1) is 10.3. The van der Waals surface area contributed by atoms with Crippen LogP contribution in [0.2, 0.25) is 0 Å². The van der Waals surface area contributed by atoms with E-state index in [-0.39, 0.29) is 23.0 Å². The molecule has 5 nitrogen and oxygen atoms in total. The zero-order chi connectivity index (χ0) is 16.5. The lowest BCUT2D eigenvalue weighted by Crippen LogP contribution is -2.44. The lowest BCUT2D eigenvalue weighted by molar-refractivity contribution is 0.361. The summed E-state index contributed by atoms with van der Waals surface area (Å²) in [5.41, 5.74) is 6.06. The van der Waals surface area contributed by atoms with Gasteiger partial charge in [-0.25, -0.2) is 0 Å². The number of benzene rings is 2. The van der Waals surface area contributed by atoms with Gasteiger partial charge in [-0.15, -0.1) is 0 Å². The zero-order valence-electron chi connectivity index (χ0n) is 12.6. The van der Waals surface area contributed by atoms with Gasteiger partial charge in [0.05, 0.1) is 0 Å². The Morgan fingerprint density at radius 2 is 1.32 bits per heavy atom. The summed E-state index contributed by atoms with van der Waals surface area (Å²) >= 11 is 0. The first kappa shape index (κ1) is 16.0. The zero-order valence-corrected chi connectivity index (χ0v) is 12.6. The van der Waals surface area contributed by atoms with E-state index in [2.05, 4.69) is 0 Å². The third kappa shape index (κ3) is 2.44. The fourth-order valence-corrected chi connectivity index (χ4v) is 3.10. The Kier molecular flexibility index (Phi) is 4.19. The summed E-state index contributed by atoms with van der Waals surface area (Å²) < 4.78 is 0. The van der Waals surface area contributed by atoms with E-state index < -0.39 is 11.5 Å². The van der Waals surface area contributed by atoms with Crippen LogP contribution < -0.4 is 5.73 Å². The summed E-state index contributed by atoms with van der Waals surface area (Å²) in [5.74, 6) is -0.0729. The van der Waals surface area contributed by atoms with Crippen LogP contribution in [-0.2, 0) is 5.41 Å². The molecule has 5 heteroatoms. The van der Waals surface area contributed by atoms with Crippen LogP contribution in [0.3, 0.4) is 0 Å². The molecule has 0 aromatic heterocycles. The van der Waals surface area contributed by atoms with Gasteiger partial charge < -0.3 is 26.2 Å². The molecule has 0 aliphatic heterocycles. The van der Waals surface area contributed by atoms with Gasteiger partial charge in [-0.1, -0.05) is 6.92 Å². The first-order valence-corrected chi connectivity index (χ1v) is 7.13. The van der Waals surface area contributed by atoms with Crippen LogP contribution in [0.4, 0.5) is 0 Å². The van der Waals surface area contributed by atoms with Crippen molar-refractivity contribution in [2.45, 2.75) is 31.7 Å². The van der Waals surface area contributed by atoms with E-state index >= 15 is 0 Å². The molecule has 2 aromatic rings. The number of phenols is 4.